The van der Waals surface area contributed by atoms with Crippen LogP contribution in [-0.4, -0.2) is 35.5 Å². The zero-order valence-electron chi connectivity index (χ0n) is 34.0. The quantitative estimate of drug-likeness (QED) is 0.134. The lowest BCUT2D eigenvalue weighted by molar-refractivity contribution is -0.154. The largest absolute Gasteiger partial charge is 0.490 e. The third-order valence-electron chi connectivity index (χ3n) is 13.1. The van der Waals surface area contributed by atoms with Crippen LogP contribution in [0.1, 0.15) is 129 Å². The highest BCUT2D eigenvalue weighted by Crippen LogP contribution is 2.58. The van der Waals surface area contributed by atoms with Crippen molar-refractivity contribution in [1.82, 2.24) is 0 Å². The van der Waals surface area contributed by atoms with E-state index >= 15 is 0 Å². The predicted molar refractivity (Wildman–Crippen MR) is 216 cm³/mol. The molecule has 6 unspecified atom stereocenters. The van der Waals surface area contributed by atoms with Crippen molar-refractivity contribution in [3.63, 3.8) is 0 Å². The van der Waals surface area contributed by atoms with E-state index in [1.807, 2.05) is 20.8 Å². The third kappa shape index (κ3) is 8.38. The number of rotatable bonds is 15. The Bertz CT molecular complexity index is 1880. The van der Waals surface area contributed by atoms with Crippen molar-refractivity contribution >= 4 is 39.7 Å². The molecule has 0 aromatic heterocycles. The summed E-state index contributed by atoms with van der Waals surface area (Å²) in [5.41, 5.74) is 4.86. The zero-order valence-corrected chi connectivity index (χ0v) is 34.0. The first kappa shape index (κ1) is 39.9. The number of allylic oxidation sites excluding steroid dienone is 5. The van der Waals surface area contributed by atoms with Crippen molar-refractivity contribution < 1.29 is 28.7 Å². The zero-order chi connectivity index (χ0) is 39.1. The Morgan fingerprint density at radius 1 is 0.981 bits per heavy atom. The van der Waals surface area contributed by atoms with Crippen LogP contribution in [0.4, 0.5) is 0 Å². The van der Waals surface area contributed by atoms with E-state index in [1.165, 1.54) is 22.3 Å². The van der Waals surface area contributed by atoms with Gasteiger partial charge >= 0.3 is 5.97 Å². The highest BCUT2D eigenvalue weighted by atomic mass is 16.5. The summed E-state index contributed by atoms with van der Waals surface area (Å²) in [6.45, 7) is 20.2. The number of hydrogen-bond acceptors (Lipinski definition) is 6. The molecule has 0 amide bonds. The number of benzene rings is 2. The second-order valence-corrected chi connectivity index (χ2v) is 18.6. The second kappa shape index (κ2) is 15.7. The van der Waals surface area contributed by atoms with Gasteiger partial charge in [0.2, 0.25) is 0 Å². The number of carbonyl (C=O) groups excluding carboxylic acids is 4. The van der Waals surface area contributed by atoms with Gasteiger partial charge in [0, 0.05) is 35.0 Å². The van der Waals surface area contributed by atoms with E-state index in [1.54, 1.807) is 13.0 Å². The molecule has 6 rings (SSSR count). The maximum atomic E-state index is 14.8. The summed E-state index contributed by atoms with van der Waals surface area (Å²) < 4.78 is 12.8. The SMILES string of the molecule is C=CC1CC1(CC(=O)C1CC(Oc2cc(C3=CCC(CC(C)C)=C3)cc3c(C)c(C)ccc23)CC1C(=O)C(CC(=O)OC1CCCC1)C(C)(C)C)C(C)=O. The van der Waals surface area contributed by atoms with Crippen molar-refractivity contribution in [3.8, 4) is 5.75 Å². The van der Waals surface area contributed by atoms with Gasteiger partial charge in [-0.3, -0.25) is 19.2 Å². The Morgan fingerprint density at radius 2 is 1.69 bits per heavy atom. The summed E-state index contributed by atoms with van der Waals surface area (Å²) in [6, 6.07) is 8.64. The normalized spacial score (nSPS) is 26.1. The molecule has 6 nitrogen and oxygen atoms in total. The molecule has 6 heteroatoms. The van der Waals surface area contributed by atoms with Gasteiger partial charge in [-0.1, -0.05) is 70.6 Å². The van der Waals surface area contributed by atoms with Crippen LogP contribution in [0.25, 0.3) is 16.3 Å². The first-order valence-electron chi connectivity index (χ1n) is 20.5. The Hall–Kier alpha value is -3.80. The Balaban J connectivity index is 1.33. The van der Waals surface area contributed by atoms with Gasteiger partial charge in [0.1, 0.15) is 35.3 Å². The van der Waals surface area contributed by atoms with E-state index in [4.69, 9.17) is 9.47 Å². The fourth-order valence-electron chi connectivity index (χ4n) is 9.62. The highest BCUT2D eigenvalue weighted by molar-refractivity contribution is 5.98. The van der Waals surface area contributed by atoms with Crippen LogP contribution in [0, 0.1) is 54.3 Å². The minimum Gasteiger partial charge on any atom is -0.490 e. The number of Topliss-reactive ketones (excluding diaryl/α,β-unsaturated/α-hetero) is 3. The molecule has 2 aromatic rings. The predicted octanol–water partition coefficient (Wildman–Crippen LogP) is 10.8. The van der Waals surface area contributed by atoms with E-state index in [-0.39, 0.29) is 48.2 Å². The summed E-state index contributed by atoms with van der Waals surface area (Å²) >= 11 is 0. The number of esters is 1. The van der Waals surface area contributed by atoms with E-state index in [2.05, 4.69) is 70.7 Å². The topological polar surface area (TPSA) is 86.7 Å². The minimum absolute atomic E-state index is 0.00239. The van der Waals surface area contributed by atoms with Crippen LogP contribution in [0.2, 0.25) is 0 Å². The number of ether oxygens (including phenoxy) is 2. The Labute approximate surface area is 323 Å². The molecular weight excluding hydrogens is 673 g/mol. The molecule has 0 spiro atoms. The van der Waals surface area contributed by atoms with Gasteiger partial charge in [-0.2, -0.15) is 0 Å². The van der Waals surface area contributed by atoms with Crippen molar-refractivity contribution in [2.45, 2.75) is 138 Å². The van der Waals surface area contributed by atoms with Crippen LogP contribution in [0.3, 0.4) is 0 Å². The van der Waals surface area contributed by atoms with Crippen LogP contribution in [0.5, 0.6) is 5.75 Å². The van der Waals surface area contributed by atoms with Gasteiger partial charge in [0.05, 0.1) is 6.42 Å². The maximum absolute atomic E-state index is 14.8. The van der Waals surface area contributed by atoms with E-state index in [0.717, 1.165) is 60.6 Å². The molecule has 4 aliphatic rings. The molecule has 0 N–H and O–H groups in total. The average molecular weight is 735 g/mol. The molecule has 0 bridgehead atoms. The molecule has 0 aliphatic heterocycles. The van der Waals surface area contributed by atoms with Crippen molar-refractivity contribution in [1.29, 1.82) is 0 Å². The fourth-order valence-corrected chi connectivity index (χ4v) is 9.62. The summed E-state index contributed by atoms with van der Waals surface area (Å²) in [5.74, 6) is -1.04. The van der Waals surface area contributed by atoms with Crippen LogP contribution in [0.15, 0.2) is 54.6 Å². The standard InChI is InChI=1S/C48H62O6/c1-10-35-26-48(35,31(6)49)27-43(50)40-23-37(24-41(40)46(52)42(47(7,8)9)25-45(51)54-36-13-11-12-14-36)53-44-22-34(33-17-16-32(20-33)19-28(2)3)21-39-30(5)29(4)15-18-38(39)44/h10,15,17-18,20-22,28,35-37,40-42H,1,11-14,16,19,23-27H2,2-9H3. The van der Waals surface area contributed by atoms with Crippen molar-refractivity contribution in [2.24, 2.45) is 40.4 Å². The summed E-state index contributed by atoms with van der Waals surface area (Å²) in [6.07, 6.45) is 13.2. The van der Waals surface area contributed by atoms with Gasteiger partial charge in [0.15, 0.2) is 0 Å². The van der Waals surface area contributed by atoms with Crippen LogP contribution in [-0.2, 0) is 23.9 Å². The first-order chi connectivity index (χ1) is 25.5. The van der Waals surface area contributed by atoms with Crippen molar-refractivity contribution in [3.05, 3.63) is 71.3 Å². The summed E-state index contributed by atoms with van der Waals surface area (Å²) in [4.78, 5) is 55.5. The molecule has 54 heavy (non-hydrogen) atoms. The molecular formula is C48H62O6. The third-order valence-corrected chi connectivity index (χ3v) is 13.1. The lowest BCUT2D eigenvalue weighted by Gasteiger charge is -2.32. The van der Waals surface area contributed by atoms with Crippen LogP contribution >= 0.6 is 0 Å². The molecule has 290 valence electrons. The number of hydrogen-bond donors (Lipinski definition) is 0. The lowest BCUT2D eigenvalue weighted by Crippen LogP contribution is -2.39. The number of fused-ring (bicyclic) bond motifs is 1. The van der Waals surface area contributed by atoms with Gasteiger partial charge in [-0.15, -0.1) is 6.58 Å². The summed E-state index contributed by atoms with van der Waals surface area (Å²) in [5, 5.41) is 2.14. The molecule has 3 fully saturated rings. The van der Waals surface area contributed by atoms with Gasteiger partial charge in [0.25, 0.3) is 0 Å². The van der Waals surface area contributed by atoms with Gasteiger partial charge < -0.3 is 9.47 Å². The van der Waals surface area contributed by atoms with E-state index in [0.29, 0.717) is 25.2 Å². The number of carbonyl (C=O) groups is 4. The van der Waals surface area contributed by atoms with Gasteiger partial charge in [-0.05, 0) is 136 Å². The molecule has 4 aliphatic carbocycles. The number of ketones is 3. The second-order valence-electron chi connectivity index (χ2n) is 18.6. The van der Waals surface area contributed by atoms with Crippen molar-refractivity contribution in [2.75, 3.05) is 0 Å². The smallest absolute Gasteiger partial charge is 0.306 e. The Kier molecular flexibility index (Phi) is 11.6. The highest BCUT2D eigenvalue weighted by Gasteiger charge is 2.59. The van der Waals surface area contributed by atoms with Crippen LogP contribution < -0.4 is 4.74 Å². The molecule has 2 aromatic carbocycles. The molecule has 0 radical (unpaired) electrons. The number of aryl methyl sites for hydroxylation is 2. The molecule has 0 saturated heterocycles. The fraction of sp³-hybridized carbons (Fsp3) is 0.583. The molecule has 0 heterocycles. The van der Waals surface area contributed by atoms with E-state index < -0.39 is 34.7 Å². The Morgan fingerprint density at radius 3 is 2.31 bits per heavy atom. The van der Waals surface area contributed by atoms with Gasteiger partial charge in [-0.25, -0.2) is 0 Å². The average Bonchev–Trinajstić information content (AvgIpc) is 3.51. The van der Waals surface area contributed by atoms with E-state index in [9.17, 15) is 19.2 Å². The monoisotopic (exact) mass is 734 g/mol. The minimum atomic E-state index is -0.739. The lowest BCUT2D eigenvalue weighted by atomic mass is 9.70. The maximum Gasteiger partial charge on any atom is 0.306 e. The summed E-state index contributed by atoms with van der Waals surface area (Å²) in [7, 11) is 0. The molecule has 6 atom stereocenters. The molecule has 3 saturated carbocycles. The first-order valence-corrected chi connectivity index (χ1v) is 20.5.